The highest BCUT2D eigenvalue weighted by Crippen LogP contribution is 2.32. The molecule has 0 amide bonds. The van der Waals surface area contributed by atoms with E-state index in [4.69, 9.17) is 16.3 Å². The van der Waals surface area contributed by atoms with Gasteiger partial charge in [-0.05, 0) is 36.1 Å². The van der Waals surface area contributed by atoms with E-state index in [1.807, 2.05) is 19.1 Å². The zero-order valence-electron chi connectivity index (χ0n) is 14.0. The summed E-state index contributed by atoms with van der Waals surface area (Å²) in [6, 6.07) is 13.8. The standard InChI is InChI=1S/C20H21ClO4/c1-12-2-4-13(5-3-12)8-15-9-14(6-7-16(15)21)18-10-17(23)20(24)19(11-22)25-18/h2-7,9,18-20,22,24H,8,10-11H2,1H3/t18-,19-,20-/m1/s1. The second-order valence-corrected chi connectivity index (χ2v) is 6.88. The maximum absolute atomic E-state index is 12.0. The fourth-order valence-corrected chi connectivity index (χ4v) is 3.22. The molecule has 4 nitrogen and oxygen atoms in total. The van der Waals surface area contributed by atoms with Crippen LogP contribution in [0, 0.1) is 6.92 Å². The topological polar surface area (TPSA) is 66.8 Å². The van der Waals surface area contributed by atoms with Crippen LogP contribution in [0.5, 0.6) is 0 Å². The van der Waals surface area contributed by atoms with Crippen molar-refractivity contribution in [2.75, 3.05) is 6.61 Å². The number of hydrogen-bond donors (Lipinski definition) is 2. The first-order valence-corrected chi connectivity index (χ1v) is 8.66. The molecular formula is C20H21ClO4. The average Bonchev–Trinajstić information content (AvgIpc) is 2.61. The average molecular weight is 361 g/mol. The van der Waals surface area contributed by atoms with Crippen LogP contribution in [0.2, 0.25) is 5.02 Å². The summed E-state index contributed by atoms with van der Waals surface area (Å²) < 4.78 is 5.70. The fourth-order valence-electron chi connectivity index (χ4n) is 3.04. The third-order valence-corrected chi connectivity index (χ3v) is 4.91. The Morgan fingerprint density at radius 1 is 1.20 bits per heavy atom. The third kappa shape index (κ3) is 4.10. The molecule has 132 valence electrons. The molecule has 0 radical (unpaired) electrons. The van der Waals surface area contributed by atoms with Gasteiger partial charge in [-0.3, -0.25) is 4.79 Å². The highest BCUT2D eigenvalue weighted by molar-refractivity contribution is 6.31. The quantitative estimate of drug-likeness (QED) is 0.879. The minimum atomic E-state index is -1.26. The molecule has 0 saturated carbocycles. The number of carbonyl (C=O) groups excluding carboxylic acids is 1. The van der Waals surface area contributed by atoms with Crippen molar-refractivity contribution in [3.8, 4) is 0 Å². The van der Waals surface area contributed by atoms with Crippen LogP contribution in [0.3, 0.4) is 0 Å². The van der Waals surface area contributed by atoms with Crippen molar-refractivity contribution in [2.45, 2.75) is 38.1 Å². The summed E-state index contributed by atoms with van der Waals surface area (Å²) in [5.41, 5.74) is 4.12. The Morgan fingerprint density at radius 3 is 2.60 bits per heavy atom. The van der Waals surface area contributed by atoms with Gasteiger partial charge in [-0.15, -0.1) is 0 Å². The molecule has 2 aromatic rings. The number of benzene rings is 2. The molecule has 0 aliphatic carbocycles. The van der Waals surface area contributed by atoms with Gasteiger partial charge in [0.1, 0.15) is 12.2 Å². The summed E-state index contributed by atoms with van der Waals surface area (Å²) in [5.74, 6) is -0.315. The van der Waals surface area contributed by atoms with Crippen LogP contribution in [0.4, 0.5) is 0 Å². The predicted octanol–water partition coefficient (Wildman–Crippen LogP) is 2.99. The number of aliphatic hydroxyl groups is 2. The first kappa shape index (κ1) is 18.1. The molecule has 5 heteroatoms. The van der Waals surface area contributed by atoms with Crippen LogP contribution < -0.4 is 0 Å². The van der Waals surface area contributed by atoms with E-state index in [9.17, 15) is 15.0 Å². The van der Waals surface area contributed by atoms with Gasteiger partial charge in [-0.2, -0.15) is 0 Å². The summed E-state index contributed by atoms with van der Waals surface area (Å²) in [4.78, 5) is 12.0. The Kier molecular flexibility index (Phi) is 5.54. The normalized spacial score (nSPS) is 23.7. The van der Waals surface area contributed by atoms with Gasteiger partial charge < -0.3 is 14.9 Å². The number of aryl methyl sites for hydroxylation is 1. The van der Waals surface area contributed by atoms with Crippen LogP contribution >= 0.6 is 11.6 Å². The van der Waals surface area contributed by atoms with Gasteiger partial charge in [-0.1, -0.05) is 53.6 Å². The summed E-state index contributed by atoms with van der Waals surface area (Å²) in [6.45, 7) is 1.65. The minimum absolute atomic E-state index is 0.0866. The number of aliphatic hydroxyl groups excluding tert-OH is 2. The lowest BCUT2D eigenvalue weighted by molar-refractivity contribution is -0.164. The lowest BCUT2D eigenvalue weighted by Gasteiger charge is -2.32. The van der Waals surface area contributed by atoms with Crippen LogP contribution in [0.25, 0.3) is 0 Å². The molecule has 1 aliphatic rings. The number of halogens is 1. The second kappa shape index (κ2) is 7.67. The largest absolute Gasteiger partial charge is 0.394 e. The number of carbonyl (C=O) groups is 1. The number of ether oxygens (including phenoxy) is 1. The van der Waals surface area contributed by atoms with Crippen molar-refractivity contribution in [3.05, 3.63) is 69.7 Å². The zero-order valence-corrected chi connectivity index (χ0v) is 14.7. The van der Waals surface area contributed by atoms with E-state index in [1.54, 1.807) is 6.07 Å². The Bertz CT molecular complexity index is 757. The first-order chi connectivity index (χ1) is 12.0. The molecule has 0 bridgehead atoms. The zero-order chi connectivity index (χ0) is 18.0. The van der Waals surface area contributed by atoms with E-state index in [2.05, 4.69) is 24.3 Å². The molecule has 2 N–H and O–H groups in total. The van der Waals surface area contributed by atoms with E-state index in [0.717, 1.165) is 16.7 Å². The molecule has 1 heterocycles. The van der Waals surface area contributed by atoms with E-state index >= 15 is 0 Å². The summed E-state index contributed by atoms with van der Waals surface area (Å²) in [6.07, 6.45) is -1.87. The molecule has 0 aromatic heterocycles. The molecule has 3 atom stereocenters. The lowest BCUT2D eigenvalue weighted by atomic mass is 9.93. The number of rotatable bonds is 4. The summed E-state index contributed by atoms with van der Waals surface area (Å²) >= 11 is 6.34. The Labute approximate surface area is 152 Å². The number of Topliss-reactive ketones (excluding diaryl/α,β-unsaturated/α-hetero) is 1. The lowest BCUT2D eigenvalue weighted by Crippen LogP contribution is -2.44. The Balaban J connectivity index is 1.83. The molecular weight excluding hydrogens is 340 g/mol. The van der Waals surface area contributed by atoms with Gasteiger partial charge in [0.05, 0.1) is 12.7 Å². The van der Waals surface area contributed by atoms with E-state index in [0.29, 0.717) is 11.4 Å². The molecule has 0 spiro atoms. The van der Waals surface area contributed by atoms with Crippen molar-refractivity contribution in [3.63, 3.8) is 0 Å². The van der Waals surface area contributed by atoms with Gasteiger partial charge in [-0.25, -0.2) is 0 Å². The van der Waals surface area contributed by atoms with Gasteiger partial charge in [0.2, 0.25) is 0 Å². The van der Waals surface area contributed by atoms with Crippen molar-refractivity contribution in [1.82, 2.24) is 0 Å². The SMILES string of the molecule is Cc1ccc(Cc2cc([C@H]3CC(=O)[C@@H](O)[C@@H](CO)O3)ccc2Cl)cc1. The van der Waals surface area contributed by atoms with Crippen LogP contribution in [-0.4, -0.2) is 34.8 Å². The Hall–Kier alpha value is -1.72. The highest BCUT2D eigenvalue weighted by atomic mass is 35.5. The smallest absolute Gasteiger partial charge is 0.166 e. The summed E-state index contributed by atoms with van der Waals surface area (Å²) in [7, 11) is 0. The monoisotopic (exact) mass is 360 g/mol. The van der Waals surface area contributed by atoms with E-state index in [-0.39, 0.29) is 12.2 Å². The van der Waals surface area contributed by atoms with Crippen LogP contribution in [0.1, 0.15) is 34.8 Å². The molecule has 25 heavy (non-hydrogen) atoms. The molecule has 1 fully saturated rings. The minimum Gasteiger partial charge on any atom is -0.394 e. The molecule has 2 aromatic carbocycles. The van der Waals surface area contributed by atoms with Crippen LogP contribution in [-0.2, 0) is 16.0 Å². The number of ketones is 1. The summed E-state index contributed by atoms with van der Waals surface area (Å²) in [5, 5.41) is 19.7. The van der Waals surface area contributed by atoms with Gasteiger partial charge in [0.15, 0.2) is 5.78 Å². The number of hydrogen-bond acceptors (Lipinski definition) is 4. The van der Waals surface area contributed by atoms with E-state index < -0.39 is 24.9 Å². The van der Waals surface area contributed by atoms with Crippen molar-refractivity contribution in [1.29, 1.82) is 0 Å². The van der Waals surface area contributed by atoms with Crippen molar-refractivity contribution in [2.24, 2.45) is 0 Å². The maximum atomic E-state index is 12.0. The first-order valence-electron chi connectivity index (χ1n) is 8.29. The molecule has 3 rings (SSSR count). The molecule has 1 aliphatic heterocycles. The fraction of sp³-hybridized carbons (Fsp3) is 0.350. The van der Waals surface area contributed by atoms with Gasteiger partial charge in [0.25, 0.3) is 0 Å². The van der Waals surface area contributed by atoms with Gasteiger partial charge in [0, 0.05) is 11.4 Å². The van der Waals surface area contributed by atoms with E-state index in [1.165, 1.54) is 5.56 Å². The Morgan fingerprint density at radius 2 is 1.92 bits per heavy atom. The third-order valence-electron chi connectivity index (χ3n) is 4.54. The maximum Gasteiger partial charge on any atom is 0.166 e. The molecule has 1 saturated heterocycles. The van der Waals surface area contributed by atoms with Crippen molar-refractivity contribution >= 4 is 17.4 Å². The second-order valence-electron chi connectivity index (χ2n) is 6.47. The predicted molar refractivity (Wildman–Crippen MR) is 95.8 cm³/mol. The van der Waals surface area contributed by atoms with Crippen LogP contribution in [0.15, 0.2) is 42.5 Å². The molecule has 0 unspecified atom stereocenters. The highest BCUT2D eigenvalue weighted by Gasteiger charge is 2.36. The van der Waals surface area contributed by atoms with Gasteiger partial charge >= 0.3 is 0 Å². The van der Waals surface area contributed by atoms with Crippen molar-refractivity contribution < 1.29 is 19.7 Å².